The number of ether oxygens (including phenoxy) is 2. The number of nitrogens with one attached hydrogen (secondary N) is 1. The van der Waals surface area contributed by atoms with Crippen LogP contribution in [0.4, 0.5) is 0 Å². The minimum atomic E-state index is -1.01. The second-order valence-corrected chi connectivity index (χ2v) is 7.95. The molecule has 3 rings (SSSR count). The van der Waals surface area contributed by atoms with Gasteiger partial charge >= 0.3 is 5.97 Å². The molecule has 3 aromatic rings. The van der Waals surface area contributed by atoms with Crippen molar-refractivity contribution >= 4 is 30.0 Å². The monoisotopic (exact) mass is 505 g/mol. The van der Waals surface area contributed by atoms with E-state index < -0.39 is 12.1 Å². The number of carboxylic acids is 1. The predicted molar refractivity (Wildman–Crippen MR) is 137 cm³/mol. The first-order valence-corrected chi connectivity index (χ1v) is 11.2. The van der Waals surface area contributed by atoms with Gasteiger partial charge in [0.05, 0.1) is 12.7 Å². The molecule has 0 spiro atoms. The summed E-state index contributed by atoms with van der Waals surface area (Å²) >= 11 is 5.87. The SMILES string of the molecule is CCCOc1cc(-c2ccc(OCCNC[C@H](O)c3ccc(Cl)cc3)cc2)ccc1C(=O)O.Cl. The lowest BCUT2D eigenvalue weighted by atomic mass is 10.0. The standard InChI is InChI=1S/C26H28ClNO5.ClH/c1-2-14-33-25-16-20(7-12-23(25)26(30)31)18-5-10-22(11-6-18)32-15-13-28-17-24(29)19-3-8-21(27)9-4-19;/h3-12,16,24,28-29H,2,13-15,17H2,1H3,(H,30,31);1H/t24-;/m0./s1. The lowest BCUT2D eigenvalue weighted by molar-refractivity contribution is 0.0692. The maximum absolute atomic E-state index is 11.4. The first kappa shape index (κ1) is 27.5. The average Bonchev–Trinajstić information content (AvgIpc) is 2.83. The molecule has 0 aliphatic rings. The minimum absolute atomic E-state index is 0. The molecule has 0 aliphatic heterocycles. The van der Waals surface area contributed by atoms with Crippen molar-refractivity contribution in [2.75, 3.05) is 26.3 Å². The number of carboxylic acid groups (broad SMARTS) is 1. The van der Waals surface area contributed by atoms with Crippen molar-refractivity contribution in [3.63, 3.8) is 0 Å². The first-order valence-electron chi connectivity index (χ1n) is 10.9. The number of hydrogen-bond donors (Lipinski definition) is 3. The number of carbonyl (C=O) groups is 1. The second kappa shape index (κ2) is 13.8. The molecule has 6 nitrogen and oxygen atoms in total. The number of aliphatic hydroxyl groups is 1. The molecule has 0 saturated heterocycles. The largest absolute Gasteiger partial charge is 0.493 e. The third-order valence-corrected chi connectivity index (χ3v) is 5.25. The average molecular weight is 506 g/mol. The van der Waals surface area contributed by atoms with E-state index in [-0.39, 0.29) is 18.0 Å². The normalized spacial score (nSPS) is 11.4. The van der Waals surface area contributed by atoms with Gasteiger partial charge in [-0.25, -0.2) is 4.79 Å². The van der Waals surface area contributed by atoms with E-state index in [1.165, 1.54) is 0 Å². The lowest BCUT2D eigenvalue weighted by Crippen LogP contribution is -2.26. The molecule has 1 atom stereocenters. The van der Waals surface area contributed by atoms with Crippen LogP contribution in [-0.2, 0) is 0 Å². The van der Waals surface area contributed by atoms with Gasteiger partial charge in [0.2, 0.25) is 0 Å². The highest BCUT2D eigenvalue weighted by Gasteiger charge is 2.13. The zero-order chi connectivity index (χ0) is 23.6. The van der Waals surface area contributed by atoms with Crippen LogP contribution in [0.5, 0.6) is 11.5 Å². The van der Waals surface area contributed by atoms with E-state index in [1.807, 2.05) is 31.2 Å². The third-order valence-electron chi connectivity index (χ3n) is 5.00. The summed E-state index contributed by atoms with van der Waals surface area (Å²) in [6, 6.07) is 19.8. The molecule has 0 unspecified atom stereocenters. The van der Waals surface area contributed by atoms with Gasteiger partial charge in [0.1, 0.15) is 23.7 Å². The Morgan fingerprint density at radius 1 is 0.971 bits per heavy atom. The summed E-state index contributed by atoms with van der Waals surface area (Å²) in [5, 5.41) is 23.4. The molecular formula is C26H29Cl2NO5. The first-order chi connectivity index (χ1) is 16.0. The van der Waals surface area contributed by atoms with Gasteiger partial charge in [0, 0.05) is 18.1 Å². The van der Waals surface area contributed by atoms with E-state index in [0.29, 0.717) is 37.1 Å². The van der Waals surface area contributed by atoms with Crippen molar-refractivity contribution in [1.29, 1.82) is 0 Å². The van der Waals surface area contributed by atoms with Crippen LogP contribution >= 0.6 is 24.0 Å². The fourth-order valence-corrected chi connectivity index (χ4v) is 3.36. The molecular weight excluding hydrogens is 477 g/mol. The van der Waals surface area contributed by atoms with Crippen LogP contribution in [0.2, 0.25) is 5.02 Å². The van der Waals surface area contributed by atoms with E-state index in [4.69, 9.17) is 21.1 Å². The molecule has 182 valence electrons. The molecule has 3 N–H and O–H groups in total. The molecule has 0 amide bonds. The van der Waals surface area contributed by atoms with Crippen LogP contribution in [0.25, 0.3) is 11.1 Å². The van der Waals surface area contributed by atoms with Crippen molar-refractivity contribution in [1.82, 2.24) is 5.32 Å². The maximum atomic E-state index is 11.4. The third kappa shape index (κ3) is 7.92. The van der Waals surface area contributed by atoms with Gasteiger partial charge in [-0.05, 0) is 59.5 Å². The molecule has 0 bridgehead atoms. The van der Waals surface area contributed by atoms with Crippen molar-refractivity contribution in [3.05, 3.63) is 82.9 Å². The van der Waals surface area contributed by atoms with Crippen LogP contribution in [-0.4, -0.2) is 42.5 Å². The number of hydrogen-bond acceptors (Lipinski definition) is 5. The fourth-order valence-electron chi connectivity index (χ4n) is 3.24. The van der Waals surface area contributed by atoms with Gasteiger partial charge in [-0.1, -0.05) is 48.9 Å². The predicted octanol–water partition coefficient (Wildman–Crippen LogP) is 5.62. The number of benzene rings is 3. The number of halogens is 2. The Hall–Kier alpha value is -2.77. The summed E-state index contributed by atoms with van der Waals surface area (Å²) in [4.78, 5) is 11.4. The zero-order valence-electron chi connectivity index (χ0n) is 18.9. The fraction of sp³-hybridized carbons (Fsp3) is 0.269. The Morgan fingerprint density at radius 2 is 1.65 bits per heavy atom. The van der Waals surface area contributed by atoms with Crippen molar-refractivity contribution < 1.29 is 24.5 Å². The van der Waals surface area contributed by atoms with E-state index in [2.05, 4.69) is 5.32 Å². The molecule has 34 heavy (non-hydrogen) atoms. The number of rotatable bonds is 12. The zero-order valence-corrected chi connectivity index (χ0v) is 20.4. The highest BCUT2D eigenvalue weighted by molar-refractivity contribution is 6.30. The quantitative estimate of drug-likeness (QED) is 0.277. The molecule has 0 aromatic heterocycles. The summed E-state index contributed by atoms with van der Waals surface area (Å²) in [5.41, 5.74) is 2.77. The molecule has 0 saturated carbocycles. The molecule has 0 heterocycles. The lowest BCUT2D eigenvalue weighted by Gasteiger charge is -2.13. The summed E-state index contributed by atoms with van der Waals surface area (Å²) in [5.74, 6) is 0.0862. The summed E-state index contributed by atoms with van der Waals surface area (Å²) in [6.45, 7) is 3.89. The van der Waals surface area contributed by atoms with Crippen LogP contribution in [0.3, 0.4) is 0 Å². The van der Waals surface area contributed by atoms with E-state index in [9.17, 15) is 15.0 Å². The van der Waals surface area contributed by atoms with Crippen molar-refractivity contribution in [2.24, 2.45) is 0 Å². The number of aromatic carboxylic acids is 1. The summed E-state index contributed by atoms with van der Waals surface area (Å²) in [6.07, 6.45) is 0.185. The minimum Gasteiger partial charge on any atom is -0.493 e. The van der Waals surface area contributed by atoms with Crippen molar-refractivity contribution in [2.45, 2.75) is 19.4 Å². The Bertz CT molecular complexity index is 1040. The van der Waals surface area contributed by atoms with E-state index in [1.54, 1.807) is 42.5 Å². The maximum Gasteiger partial charge on any atom is 0.339 e. The van der Waals surface area contributed by atoms with Crippen LogP contribution in [0, 0.1) is 0 Å². The second-order valence-electron chi connectivity index (χ2n) is 7.51. The van der Waals surface area contributed by atoms with Gasteiger partial charge in [0.15, 0.2) is 0 Å². The number of aliphatic hydroxyl groups excluding tert-OH is 1. The molecule has 0 aliphatic carbocycles. The molecule has 0 fully saturated rings. The Morgan fingerprint density at radius 3 is 2.29 bits per heavy atom. The van der Waals surface area contributed by atoms with E-state index in [0.717, 1.165) is 28.9 Å². The topological polar surface area (TPSA) is 88.0 Å². The summed E-state index contributed by atoms with van der Waals surface area (Å²) in [7, 11) is 0. The molecule has 3 aromatic carbocycles. The van der Waals surface area contributed by atoms with Gasteiger partial charge < -0.3 is 25.0 Å². The molecule has 0 radical (unpaired) electrons. The highest BCUT2D eigenvalue weighted by atomic mass is 35.5. The van der Waals surface area contributed by atoms with Crippen molar-refractivity contribution in [3.8, 4) is 22.6 Å². The van der Waals surface area contributed by atoms with Gasteiger partial charge in [-0.15, -0.1) is 12.4 Å². The van der Waals surface area contributed by atoms with Gasteiger partial charge in [-0.2, -0.15) is 0 Å². The Kier molecular flexibility index (Phi) is 11.2. The van der Waals surface area contributed by atoms with Gasteiger partial charge in [-0.3, -0.25) is 0 Å². The van der Waals surface area contributed by atoms with Crippen LogP contribution < -0.4 is 14.8 Å². The highest BCUT2D eigenvalue weighted by Crippen LogP contribution is 2.29. The smallest absolute Gasteiger partial charge is 0.339 e. The Labute approximate surface area is 210 Å². The Balaban J connectivity index is 0.00000408. The van der Waals surface area contributed by atoms with Crippen LogP contribution in [0.15, 0.2) is 66.7 Å². The van der Waals surface area contributed by atoms with Gasteiger partial charge in [0.25, 0.3) is 0 Å². The molecule has 8 heteroatoms. The summed E-state index contributed by atoms with van der Waals surface area (Å²) < 4.78 is 11.4. The van der Waals surface area contributed by atoms with Crippen LogP contribution in [0.1, 0.15) is 35.4 Å². The van der Waals surface area contributed by atoms with E-state index >= 15 is 0 Å².